The smallest absolute Gasteiger partial charge is 0.358 e. The summed E-state index contributed by atoms with van der Waals surface area (Å²) in [4.78, 5) is 11.2. The first kappa shape index (κ1) is 10.7. The summed E-state index contributed by atoms with van der Waals surface area (Å²) >= 11 is 5.77. The van der Waals surface area contributed by atoms with E-state index in [1.54, 1.807) is 29.1 Å². The van der Waals surface area contributed by atoms with E-state index in [1.165, 1.54) is 7.11 Å². The predicted molar refractivity (Wildman–Crippen MR) is 59.9 cm³/mol. The Morgan fingerprint density at radius 3 is 2.62 bits per heavy atom. The number of carbonyl (C=O) groups excluding carboxylic acids is 1. The molecule has 16 heavy (non-hydrogen) atoms. The highest BCUT2D eigenvalue weighted by atomic mass is 35.5. The molecule has 2 rings (SSSR count). The van der Waals surface area contributed by atoms with Crippen LogP contribution in [-0.4, -0.2) is 22.9 Å². The number of hydrogen-bond acceptors (Lipinski definition) is 3. The minimum Gasteiger partial charge on any atom is -0.464 e. The fourth-order valence-electron chi connectivity index (χ4n) is 1.27. The van der Waals surface area contributed by atoms with Crippen LogP contribution in [0.5, 0.6) is 0 Å². The van der Waals surface area contributed by atoms with E-state index in [4.69, 9.17) is 11.6 Å². The standard InChI is InChI=1S/C11H9ClN2O2/c1-16-11(15)10-6-7-14(13-10)9-4-2-8(12)3-5-9/h2-7H,1H3. The van der Waals surface area contributed by atoms with Crippen molar-refractivity contribution in [3.63, 3.8) is 0 Å². The maximum absolute atomic E-state index is 11.2. The van der Waals surface area contributed by atoms with Crippen molar-refractivity contribution in [2.45, 2.75) is 0 Å². The molecule has 1 heterocycles. The summed E-state index contributed by atoms with van der Waals surface area (Å²) in [6.45, 7) is 0. The Kier molecular flexibility index (Phi) is 2.92. The second-order valence-corrected chi connectivity index (χ2v) is 3.55. The van der Waals surface area contributed by atoms with Gasteiger partial charge in [0, 0.05) is 11.2 Å². The summed E-state index contributed by atoms with van der Waals surface area (Å²) in [5.74, 6) is -0.451. The van der Waals surface area contributed by atoms with Crippen LogP contribution < -0.4 is 0 Å². The number of methoxy groups -OCH3 is 1. The van der Waals surface area contributed by atoms with Gasteiger partial charge in [-0.2, -0.15) is 5.10 Å². The van der Waals surface area contributed by atoms with E-state index in [0.717, 1.165) is 5.69 Å². The van der Waals surface area contributed by atoms with Crippen LogP contribution in [0.4, 0.5) is 0 Å². The van der Waals surface area contributed by atoms with Gasteiger partial charge in [-0.3, -0.25) is 0 Å². The highest BCUT2D eigenvalue weighted by Crippen LogP contribution is 2.13. The van der Waals surface area contributed by atoms with Crippen LogP contribution in [0.2, 0.25) is 5.02 Å². The fraction of sp³-hybridized carbons (Fsp3) is 0.0909. The molecule has 0 spiro atoms. The number of rotatable bonds is 2. The van der Waals surface area contributed by atoms with Gasteiger partial charge >= 0.3 is 5.97 Å². The SMILES string of the molecule is COC(=O)c1ccn(-c2ccc(Cl)cc2)n1. The molecular weight excluding hydrogens is 228 g/mol. The molecule has 0 aliphatic rings. The van der Waals surface area contributed by atoms with E-state index in [9.17, 15) is 4.79 Å². The molecule has 4 nitrogen and oxygen atoms in total. The van der Waals surface area contributed by atoms with Crippen LogP contribution in [0.1, 0.15) is 10.5 Å². The maximum Gasteiger partial charge on any atom is 0.358 e. The van der Waals surface area contributed by atoms with Gasteiger partial charge < -0.3 is 4.74 Å². The van der Waals surface area contributed by atoms with Crippen molar-refractivity contribution >= 4 is 17.6 Å². The van der Waals surface area contributed by atoms with Gasteiger partial charge in [0.1, 0.15) is 0 Å². The third kappa shape index (κ3) is 2.06. The number of ether oxygens (including phenoxy) is 1. The van der Waals surface area contributed by atoms with Crippen molar-refractivity contribution in [2.75, 3.05) is 7.11 Å². The fourth-order valence-corrected chi connectivity index (χ4v) is 1.40. The molecule has 0 fully saturated rings. The lowest BCUT2D eigenvalue weighted by molar-refractivity contribution is 0.0593. The van der Waals surface area contributed by atoms with Crippen molar-refractivity contribution in [3.05, 3.63) is 47.2 Å². The molecule has 0 bridgehead atoms. The molecule has 82 valence electrons. The van der Waals surface area contributed by atoms with Crippen LogP contribution in [0, 0.1) is 0 Å². The van der Waals surface area contributed by atoms with E-state index >= 15 is 0 Å². The molecule has 0 N–H and O–H groups in total. The molecule has 0 aliphatic carbocycles. The molecule has 0 atom stereocenters. The quantitative estimate of drug-likeness (QED) is 0.752. The van der Waals surface area contributed by atoms with Gasteiger partial charge in [0.25, 0.3) is 0 Å². The van der Waals surface area contributed by atoms with Gasteiger partial charge in [0.15, 0.2) is 5.69 Å². The highest BCUT2D eigenvalue weighted by molar-refractivity contribution is 6.30. The monoisotopic (exact) mass is 236 g/mol. The number of carbonyl (C=O) groups is 1. The lowest BCUT2D eigenvalue weighted by Crippen LogP contribution is -2.03. The Hall–Kier alpha value is -1.81. The molecule has 0 unspecified atom stereocenters. The Bertz CT molecular complexity index is 505. The summed E-state index contributed by atoms with van der Waals surface area (Å²) in [6, 6.07) is 8.75. The van der Waals surface area contributed by atoms with E-state index in [0.29, 0.717) is 5.02 Å². The molecule has 0 aliphatic heterocycles. The molecule has 0 radical (unpaired) electrons. The van der Waals surface area contributed by atoms with Crippen molar-refractivity contribution in [1.82, 2.24) is 9.78 Å². The number of aromatic nitrogens is 2. The molecule has 0 saturated carbocycles. The van der Waals surface area contributed by atoms with Crippen molar-refractivity contribution in [3.8, 4) is 5.69 Å². The second-order valence-electron chi connectivity index (χ2n) is 3.11. The van der Waals surface area contributed by atoms with Crippen LogP contribution >= 0.6 is 11.6 Å². The topological polar surface area (TPSA) is 44.1 Å². The van der Waals surface area contributed by atoms with Crippen LogP contribution in [0.3, 0.4) is 0 Å². The molecule has 5 heteroatoms. The number of hydrogen-bond donors (Lipinski definition) is 0. The maximum atomic E-state index is 11.2. The summed E-state index contributed by atoms with van der Waals surface area (Å²) in [6.07, 6.45) is 1.69. The van der Waals surface area contributed by atoms with Gasteiger partial charge in [0.05, 0.1) is 12.8 Å². The van der Waals surface area contributed by atoms with Gasteiger partial charge in [-0.25, -0.2) is 9.48 Å². The third-order valence-electron chi connectivity index (χ3n) is 2.07. The summed E-state index contributed by atoms with van der Waals surface area (Å²) < 4.78 is 6.15. The first-order valence-corrected chi connectivity index (χ1v) is 4.98. The normalized spacial score (nSPS) is 10.1. The summed E-state index contributed by atoms with van der Waals surface area (Å²) in [5, 5.41) is 4.74. The number of esters is 1. The average molecular weight is 237 g/mol. The molecule has 0 saturated heterocycles. The van der Waals surface area contributed by atoms with E-state index in [1.807, 2.05) is 12.1 Å². The molecule has 1 aromatic carbocycles. The number of benzene rings is 1. The predicted octanol–water partition coefficient (Wildman–Crippen LogP) is 2.31. The summed E-state index contributed by atoms with van der Waals surface area (Å²) in [7, 11) is 1.32. The van der Waals surface area contributed by atoms with Gasteiger partial charge in [0.2, 0.25) is 0 Å². The molecule has 1 aromatic heterocycles. The minimum atomic E-state index is -0.451. The Balaban J connectivity index is 2.31. The highest BCUT2D eigenvalue weighted by Gasteiger charge is 2.09. The molecule has 0 amide bonds. The van der Waals surface area contributed by atoms with E-state index < -0.39 is 5.97 Å². The van der Waals surface area contributed by atoms with Crippen molar-refractivity contribution in [2.24, 2.45) is 0 Å². The third-order valence-corrected chi connectivity index (χ3v) is 2.33. The average Bonchev–Trinajstić information content (AvgIpc) is 2.78. The lowest BCUT2D eigenvalue weighted by atomic mass is 10.3. The van der Waals surface area contributed by atoms with Gasteiger partial charge in [-0.1, -0.05) is 11.6 Å². The molecular formula is C11H9ClN2O2. The Morgan fingerprint density at radius 2 is 2.00 bits per heavy atom. The van der Waals surface area contributed by atoms with Crippen LogP contribution in [-0.2, 0) is 4.74 Å². The zero-order valence-electron chi connectivity index (χ0n) is 8.55. The zero-order valence-corrected chi connectivity index (χ0v) is 9.31. The largest absolute Gasteiger partial charge is 0.464 e. The summed E-state index contributed by atoms with van der Waals surface area (Å²) in [5.41, 5.74) is 1.11. The van der Waals surface area contributed by atoms with Gasteiger partial charge in [-0.05, 0) is 30.3 Å². The number of nitrogens with zero attached hydrogens (tertiary/aromatic N) is 2. The van der Waals surface area contributed by atoms with Crippen LogP contribution in [0.15, 0.2) is 36.5 Å². The van der Waals surface area contributed by atoms with E-state index in [2.05, 4.69) is 9.84 Å². The lowest BCUT2D eigenvalue weighted by Gasteiger charge is -2.00. The first-order valence-electron chi connectivity index (χ1n) is 4.60. The first-order chi connectivity index (χ1) is 7.70. The zero-order chi connectivity index (χ0) is 11.5. The molecule has 2 aromatic rings. The Morgan fingerprint density at radius 1 is 1.31 bits per heavy atom. The van der Waals surface area contributed by atoms with E-state index in [-0.39, 0.29) is 5.69 Å². The minimum absolute atomic E-state index is 0.275. The number of halogens is 1. The van der Waals surface area contributed by atoms with Crippen molar-refractivity contribution in [1.29, 1.82) is 0 Å². The van der Waals surface area contributed by atoms with Gasteiger partial charge in [-0.15, -0.1) is 0 Å². The Labute approximate surface area is 97.4 Å². The second kappa shape index (κ2) is 4.37. The van der Waals surface area contributed by atoms with Crippen molar-refractivity contribution < 1.29 is 9.53 Å². The van der Waals surface area contributed by atoms with Crippen LogP contribution in [0.25, 0.3) is 5.69 Å².